The summed E-state index contributed by atoms with van der Waals surface area (Å²) in [5, 5.41) is 0. The van der Waals surface area contributed by atoms with Crippen molar-refractivity contribution in [3.63, 3.8) is 0 Å². The first-order valence-electron chi connectivity index (χ1n) is 14.0. The average Bonchev–Trinajstić information content (AvgIpc) is 2.99. The number of rotatable bonds is 15. The van der Waals surface area contributed by atoms with Crippen LogP contribution >= 0.6 is 0 Å². The molecule has 0 fully saturated rings. The number of hydrogen-bond acceptors (Lipinski definition) is 5. The lowest BCUT2D eigenvalue weighted by molar-refractivity contribution is -0.137. The van der Waals surface area contributed by atoms with Crippen molar-refractivity contribution in [2.24, 2.45) is 0 Å². The van der Waals surface area contributed by atoms with E-state index in [4.69, 9.17) is 14.2 Å². The lowest BCUT2D eigenvalue weighted by Crippen LogP contribution is -2.08. The van der Waals surface area contributed by atoms with Crippen molar-refractivity contribution in [1.82, 2.24) is 0 Å². The minimum Gasteiger partial charge on any atom is -0.494 e. The van der Waals surface area contributed by atoms with Crippen LogP contribution in [0.3, 0.4) is 0 Å². The highest BCUT2D eigenvalue weighted by atomic mass is 16.5. The van der Waals surface area contributed by atoms with E-state index in [1.165, 1.54) is 37.7 Å². The molecular weight excluding hydrogens is 500 g/mol. The van der Waals surface area contributed by atoms with Crippen LogP contribution in [-0.4, -0.2) is 25.2 Å². The minimum atomic E-state index is -0.445. The van der Waals surface area contributed by atoms with Gasteiger partial charge in [0.1, 0.15) is 11.5 Å². The van der Waals surface area contributed by atoms with Gasteiger partial charge < -0.3 is 14.2 Å². The van der Waals surface area contributed by atoms with Gasteiger partial charge >= 0.3 is 11.9 Å². The number of benzene rings is 3. The van der Waals surface area contributed by atoms with Crippen molar-refractivity contribution in [1.29, 1.82) is 0 Å². The number of unbranched alkanes of at least 4 members (excludes halogenated alkanes) is 5. The van der Waals surface area contributed by atoms with Crippen LogP contribution in [0.2, 0.25) is 0 Å². The number of aryl methyl sites for hydroxylation is 1. The highest BCUT2D eigenvalue weighted by molar-refractivity contribution is 5.91. The summed E-state index contributed by atoms with van der Waals surface area (Å²) in [6, 6.07) is 22.4. The van der Waals surface area contributed by atoms with Gasteiger partial charge in [-0.2, -0.15) is 0 Å². The second kappa shape index (κ2) is 17.3. The van der Waals surface area contributed by atoms with Crippen molar-refractivity contribution in [2.45, 2.75) is 58.3 Å². The summed E-state index contributed by atoms with van der Waals surface area (Å²) in [7, 11) is 0. The Morgan fingerprint density at radius 1 is 0.725 bits per heavy atom. The average molecular weight is 539 g/mol. The van der Waals surface area contributed by atoms with Crippen LogP contribution in [0.15, 0.2) is 85.5 Å². The van der Waals surface area contributed by atoms with Gasteiger partial charge in [0.05, 0.1) is 18.8 Å². The molecule has 0 saturated heterocycles. The summed E-state index contributed by atoms with van der Waals surface area (Å²) in [4.78, 5) is 23.5. The van der Waals surface area contributed by atoms with Gasteiger partial charge in [0.15, 0.2) is 0 Å². The van der Waals surface area contributed by atoms with Gasteiger partial charge in [0.2, 0.25) is 0 Å². The molecule has 0 aliphatic heterocycles. The molecule has 0 unspecified atom stereocenters. The molecular formula is C35H38O5. The van der Waals surface area contributed by atoms with Crippen molar-refractivity contribution in [2.75, 3.05) is 13.2 Å². The number of carbonyl (C=O) groups excluding carboxylic acids is 2. The fourth-order valence-electron chi connectivity index (χ4n) is 3.92. The molecule has 0 spiro atoms. The van der Waals surface area contributed by atoms with Crippen LogP contribution in [-0.2, 0) is 16.0 Å². The summed E-state index contributed by atoms with van der Waals surface area (Å²) < 4.78 is 16.1. The predicted molar refractivity (Wildman–Crippen MR) is 159 cm³/mol. The molecule has 5 nitrogen and oxygen atoms in total. The van der Waals surface area contributed by atoms with E-state index in [9.17, 15) is 9.59 Å². The Kier molecular flexibility index (Phi) is 13.1. The van der Waals surface area contributed by atoms with E-state index >= 15 is 0 Å². The number of carbonyl (C=O) groups is 2. The van der Waals surface area contributed by atoms with Gasteiger partial charge in [-0.1, -0.05) is 63.2 Å². The molecule has 0 atom stereocenters. The molecule has 0 bridgehead atoms. The van der Waals surface area contributed by atoms with E-state index in [0.29, 0.717) is 36.7 Å². The molecule has 0 amide bonds. The quantitative estimate of drug-likeness (QED) is 0.0652. The van der Waals surface area contributed by atoms with Crippen molar-refractivity contribution < 1.29 is 23.8 Å². The van der Waals surface area contributed by atoms with E-state index in [1.54, 1.807) is 36.4 Å². The highest BCUT2D eigenvalue weighted by Gasteiger charge is 2.09. The van der Waals surface area contributed by atoms with Gasteiger partial charge in [-0.15, -0.1) is 0 Å². The zero-order chi connectivity index (χ0) is 28.4. The largest absolute Gasteiger partial charge is 0.494 e. The number of esters is 2. The first-order valence-corrected chi connectivity index (χ1v) is 14.0. The third-order valence-corrected chi connectivity index (χ3v) is 6.25. The highest BCUT2D eigenvalue weighted by Crippen LogP contribution is 2.17. The molecule has 40 heavy (non-hydrogen) atoms. The van der Waals surface area contributed by atoms with E-state index in [1.807, 2.05) is 12.1 Å². The third-order valence-electron chi connectivity index (χ3n) is 6.25. The Morgan fingerprint density at radius 2 is 1.32 bits per heavy atom. The molecule has 0 aromatic heterocycles. The smallest absolute Gasteiger partial charge is 0.343 e. The maximum absolute atomic E-state index is 12.5. The van der Waals surface area contributed by atoms with Crippen LogP contribution in [0, 0.1) is 11.8 Å². The molecule has 0 aliphatic carbocycles. The van der Waals surface area contributed by atoms with Crippen LogP contribution in [0.4, 0.5) is 0 Å². The van der Waals surface area contributed by atoms with Crippen molar-refractivity contribution in [3.8, 4) is 23.3 Å². The molecule has 0 heterocycles. The first-order chi connectivity index (χ1) is 19.6. The minimum absolute atomic E-state index is 0.333. The fraction of sp³-hybridized carbons (Fsp3) is 0.314. The molecule has 5 heteroatoms. The van der Waals surface area contributed by atoms with Crippen molar-refractivity contribution in [3.05, 3.63) is 108 Å². The Labute approximate surface area is 238 Å². The standard InChI is InChI=1S/C35H38O5/c1-3-5-6-7-8-11-28-12-14-29(15-13-28)16-17-30-18-22-33(23-19-30)40-35(37)31-20-24-32(25-21-31)38-26-9-10-27-39-34(36)4-2/h4,12-15,18-25H,2-3,5-11,26-27H2,1H3. The molecule has 208 valence electrons. The van der Waals surface area contributed by atoms with E-state index < -0.39 is 11.9 Å². The summed E-state index contributed by atoms with van der Waals surface area (Å²) >= 11 is 0. The molecule has 3 aromatic carbocycles. The second-order valence-electron chi connectivity index (χ2n) is 9.48. The summed E-state index contributed by atoms with van der Waals surface area (Å²) in [5.41, 5.74) is 3.61. The summed E-state index contributed by atoms with van der Waals surface area (Å²) in [5.74, 6) is 6.61. The van der Waals surface area contributed by atoms with Gasteiger partial charge in [0.25, 0.3) is 0 Å². The number of ether oxygens (including phenoxy) is 3. The van der Waals surface area contributed by atoms with E-state index in [2.05, 4.69) is 49.6 Å². The molecule has 3 aromatic rings. The Hall–Kier alpha value is -4.30. The van der Waals surface area contributed by atoms with E-state index in [0.717, 1.165) is 30.0 Å². The van der Waals surface area contributed by atoms with Crippen LogP contribution in [0.1, 0.15) is 78.9 Å². The maximum atomic E-state index is 12.5. The first kappa shape index (κ1) is 30.2. The topological polar surface area (TPSA) is 61.8 Å². The zero-order valence-electron chi connectivity index (χ0n) is 23.3. The Bertz CT molecular complexity index is 1260. The molecule has 0 aliphatic rings. The Morgan fingerprint density at radius 3 is 1.98 bits per heavy atom. The SMILES string of the molecule is C=CC(=O)OCCCCOc1ccc(C(=O)Oc2ccc(C#Cc3ccc(CCCCCCC)cc3)cc2)cc1. The zero-order valence-corrected chi connectivity index (χ0v) is 23.3. The second-order valence-corrected chi connectivity index (χ2v) is 9.48. The monoisotopic (exact) mass is 538 g/mol. The Balaban J connectivity index is 1.41. The number of hydrogen-bond donors (Lipinski definition) is 0. The van der Waals surface area contributed by atoms with Crippen LogP contribution in [0.5, 0.6) is 11.5 Å². The van der Waals surface area contributed by atoms with E-state index in [-0.39, 0.29) is 0 Å². The van der Waals surface area contributed by atoms with Gasteiger partial charge in [-0.3, -0.25) is 0 Å². The van der Waals surface area contributed by atoms with Gasteiger partial charge in [0, 0.05) is 17.2 Å². The molecule has 0 N–H and O–H groups in total. The maximum Gasteiger partial charge on any atom is 0.343 e. The lowest BCUT2D eigenvalue weighted by atomic mass is 10.0. The summed E-state index contributed by atoms with van der Waals surface area (Å²) in [6.07, 6.45) is 10.1. The van der Waals surface area contributed by atoms with Gasteiger partial charge in [-0.05, 0) is 91.9 Å². The molecule has 3 rings (SSSR count). The lowest BCUT2D eigenvalue weighted by Gasteiger charge is -2.08. The van der Waals surface area contributed by atoms with Gasteiger partial charge in [-0.25, -0.2) is 9.59 Å². The third kappa shape index (κ3) is 11.2. The predicted octanol–water partition coefficient (Wildman–Crippen LogP) is 7.71. The normalized spacial score (nSPS) is 10.2. The van der Waals surface area contributed by atoms with Crippen molar-refractivity contribution >= 4 is 11.9 Å². The summed E-state index contributed by atoms with van der Waals surface area (Å²) in [6.45, 7) is 6.41. The molecule has 0 radical (unpaired) electrons. The van der Waals surface area contributed by atoms with Crippen LogP contribution in [0.25, 0.3) is 0 Å². The fourth-order valence-corrected chi connectivity index (χ4v) is 3.92. The van der Waals surface area contributed by atoms with Crippen LogP contribution < -0.4 is 9.47 Å². The molecule has 0 saturated carbocycles.